The van der Waals surface area contributed by atoms with Crippen molar-refractivity contribution in [3.8, 4) is 0 Å². The molecule has 0 aliphatic carbocycles. The van der Waals surface area contributed by atoms with Gasteiger partial charge in [-0.2, -0.15) is 0 Å². The SMILES string of the molecule is Cc1nc2cc(F)ccc2cc1C(=O)OCC(=O)c1cc(C)n(Cc2cccs2)c1C. The normalized spacial score (nSPS) is 11.1. The molecule has 0 amide bonds. The van der Waals surface area contributed by atoms with Crippen LogP contribution in [-0.4, -0.2) is 27.9 Å². The van der Waals surface area contributed by atoms with Gasteiger partial charge in [-0.3, -0.25) is 9.78 Å². The number of hydrogen-bond acceptors (Lipinski definition) is 5. The number of carbonyl (C=O) groups is 2. The molecule has 158 valence electrons. The number of thiophene rings is 1. The Hall–Kier alpha value is -3.32. The minimum Gasteiger partial charge on any atom is -0.454 e. The van der Waals surface area contributed by atoms with Gasteiger partial charge in [0.15, 0.2) is 6.61 Å². The minimum absolute atomic E-state index is 0.257. The van der Waals surface area contributed by atoms with Crippen LogP contribution < -0.4 is 0 Å². The Morgan fingerprint density at radius 1 is 1.10 bits per heavy atom. The lowest BCUT2D eigenvalue weighted by atomic mass is 10.1. The third kappa shape index (κ3) is 4.27. The van der Waals surface area contributed by atoms with Crippen LogP contribution in [0.3, 0.4) is 0 Å². The Morgan fingerprint density at radius 2 is 1.90 bits per heavy atom. The molecule has 0 unspecified atom stereocenters. The van der Waals surface area contributed by atoms with E-state index in [0.29, 0.717) is 28.7 Å². The zero-order valence-corrected chi connectivity index (χ0v) is 18.3. The van der Waals surface area contributed by atoms with Gasteiger partial charge in [-0.15, -0.1) is 11.3 Å². The predicted molar refractivity (Wildman–Crippen MR) is 118 cm³/mol. The fraction of sp³-hybridized carbons (Fsp3) is 0.208. The van der Waals surface area contributed by atoms with Crippen LogP contribution in [0.25, 0.3) is 10.9 Å². The molecule has 0 saturated heterocycles. The molecule has 0 atom stereocenters. The van der Waals surface area contributed by atoms with E-state index in [4.69, 9.17) is 4.74 Å². The van der Waals surface area contributed by atoms with Gasteiger partial charge in [0.2, 0.25) is 5.78 Å². The number of Topliss-reactive ketones (excluding diaryl/α,β-unsaturated/α-hetero) is 1. The molecular weight excluding hydrogens is 415 g/mol. The number of hydrogen-bond donors (Lipinski definition) is 0. The molecule has 5 nitrogen and oxygen atoms in total. The molecule has 0 saturated carbocycles. The average molecular weight is 437 g/mol. The van der Waals surface area contributed by atoms with Crippen LogP contribution in [0, 0.1) is 26.6 Å². The summed E-state index contributed by atoms with van der Waals surface area (Å²) < 4.78 is 20.8. The van der Waals surface area contributed by atoms with Gasteiger partial charge in [-0.05, 0) is 56.5 Å². The second-order valence-electron chi connectivity index (χ2n) is 7.41. The second kappa shape index (κ2) is 8.43. The smallest absolute Gasteiger partial charge is 0.340 e. The van der Waals surface area contributed by atoms with Crippen molar-refractivity contribution < 1.29 is 18.7 Å². The van der Waals surface area contributed by atoms with Crippen molar-refractivity contribution in [2.45, 2.75) is 27.3 Å². The van der Waals surface area contributed by atoms with Crippen molar-refractivity contribution in [3.05, 3.63) is 86.7 Å². The number of carbonyl (C=O) groups excluding carboxylic acids is 2. The van der Waals surface area contributed by atoms with Crippen LogP contribution in [0.1, 0.15) is 42.7 Å². The highest BCUT2D eigenvalue weighted by atomic mass is 32.1. The van der Waals surface area contributed by atoms with Gasteiger partial charge in [0, 0.05) is 33.3 Å². The van der Waals surface area contributed by atoms with Crippen LogP contribution in [0.5, 0.6) is 0 Å². The summed E-state index contributed by atoms with van der Waals surface area (Å²) in [5, 5.41) is 2.65. The number of fused-ring (bicyclic) bond motifs is 1. The number of aromatic nitrogens is 2. The Labute approximate surface area is 183 Å². The zero-order valence-electron chi connectivity index (χ0n) is 17.4. The van der Waals surface area contributed by atoms with Crippen molar-refractivity contribution in [1.29, 1.82) is 0 Å². The third-order valence-electron chi connectivity index (χ3n) is 5.29. The summed E-state index contributed by atoms with van der Waals surface area (Å²) >= 11 is 1.67. The molecule has 3 aromatic heterocycles. The van der Waals surface area contributed by atoms with Gasteiger partial charge < -0.3 is 9.30 Å². The summed E-state index contributed by atoms with van der Waals surface area (Å²) in [6.07, 6.45) is 0. The molecule has 31 heavy (non-hydrogen) atoms. The molecule has 0 spiro atoms. The summed E-state index contributed by atoms with van der Waals surface area (Å²) in [6, 6.07) is 11.7. The predicted octanol–water partition coefficient (Wildman–Crippen LogP) is 5.25. The Bertz CT molecular complexity index is 1290. The molecule has 3 heterocycles. The molecule has 1 aromatic carbocycles. The first-order chi connectivity index (χ1) is 14.8. The zero-order chi connectivity index (χ0) is 22.1. The topological polar surface area (TPSA) is 61.2 Å². The van der Waals surface area contributed by atoms with E-state index in [0.717, 1.165) is 11.4 Å². The standard InChI is InChI=1S/C24H21FN2O3S/c1-14-9-21(16(3)27(14)12-19-5-4-8-31-19)23(28)13-30-24(29)20-10-17-6-7-18(25)11-22(17)26-15(20)2/h4-11H,12-13H2,1-3H3. The van der Waals surface area contributed by atoms with E-state index in [9.17, 15) is 14.0 Å². The minimum atomic E-state index is -0.628. The largest absolute Gasteiger partial charge is 0.454 e. The first-order valence-electron chi connectivity index (χ1n) is 9.80. The van der Waals surface area contributed by atoms with E-state index in [1.54, 1.807) is 30.4 Å². The number of rotatable bonds is 6. The summed E-state index contributed by atoms with van der Waals surface area (Å²) in [5.74, 6) is -1.28. The number of halogens is 1. The van der Waals surface area contributed by atoms with E-state index in [1.165, 1.54) is 17.0 Å². The molecule has 0 aliphatic heterocycles. The number of pyridine rings is 1. The molecule has 0 radical (unpaired) electrons. The summed E-state index contributed by atoms with van der Waals surface area (Å²) in [4.78, 5) is 30.8. The van der Waals surface area contributed by atoms with Gasteiger partial charge in [-0.25, -0.2) is 9.18 Å². The monoisotopic (exact) mass is 436 g/mol. The Morgan fingerprint density at radius 3 is 2.65 bits per heavy atom. The van der Waals surface area contributed by atoms with Crippen molar-refractivity contribution in [2.75, 3.05) is 6.61 Å². The number of aryl methyl sites for hydroxylation is 2. The van der Waals surface area contributed by atoms with Crippen LogP contribution >= 0.6 is 11.3 Å². The van der Waals surface area contributed by atoms with E-state index in [1.807, 2.05) is 31.4 Å². The van der Waals surface area contributed by atoms with Crippen LogP contribution in [0.4, 0.5) is 4.39 Å². The second-order valence-corrected chi connectivity index (χ2v) is 8.44. The van der Waals surface area contributed by atoms with Crippen LogP contribution in [0.2, 0.25) is 0 Å². The molecule has 7 heteroatoms. The van der Waals surface area contributed by atoms with Gasteiger partial charge >= 0.3 is 5.97 Å². The van der Waals surface area contributed by atoms with E-state index in [2.05, 4.69) is 15.6 Å². The Balaban J connectivity index is 1.49. The first kappa shape index (κ1) is 20.9. The highest BCUT2D eigenvalue weighted by Crippen LogP contribution is 2.21. The fourth-order valence-electron chi connectivity index (χ4n) is 3.61. The first-order valence-corrected chi connectivity index (χ1v) is 10.7. The van der Waals surface area contributed by atoms with Gasteiger partial charge in [0.05, 0.1) is 23.3 Å². The average Bonchev–Trinajstić information content (AvgIpc) is 3.35. The highest BCUT2D eigenvalue weighted by Gasteiger charge is 2.19. The van der Waals surface area contributed by atoms with Crippen molar-refractivity contribution >= 4 is 34.0 Å². The third-order valence-corrected chi connectivity index (χ3v) is 6.15. The summed E-state index contributed by atoms with van der Waals surface area (Å²) in [7, 11) is 0. The lowest BCUT2D eigenvalue weighted by molar-refractivity contribution is 0.0473. The number of ketones is 1. The van der Waals surface area contributed by atoms with E-state index >= 15 is 0 Å². The van der Waals surface area contributed by atoms with Gasteiger partial charge in [0.25, 0.3) is 0 Å². The number of esters is 1. The van der Waals surface area contributed by atoms with E-state index in [-0.39, 0.29) is 18.0 Å². The van der Waals surface area contributed by atoms with Crippen LogP contribution in [-0.2, 0) is 11.3 Å². The molecule has 0 bridgehead atoms. The number of benzene rings is 1. The highest BCUT2D eigenvalue weighted by molar-refractivity contribution is 7.09. The molecular formula is C24H21FN2O3S. The molecule has 4 aromatic rings. The maximum absolute atomic E-state index is 13.4. The van der Waals surface area contributed by atoms with Gasteiger partial charge in [0.1, 0.15) is 5.82 Å². The fourth-order valence-corrected chi connectivity index (χ4v) is 4.31. The maximum atomic E-state index is 13.4. The molecule has 0 fully saturated rings. The van der Waals surface area contributed by atoms with E-state index < -0.39 is 11.8 Å². The lowest BCUT2D eigenvalue weighted by Crippen LogP contribution is -2.16. The summed E-state index contributed by atoms with van der Waals surface area (Å²) in [5.41, 5.74) is 3.51. The lowest BCUT2D eigenvalue weighted by Gasteiger charge is -2.09. The van der Waals surface area contributed by atoms with Crippen LogP contribution in [0.15, 0.2) is 47.8 Å². The quantitative estimate of drug-likeness (QED) is 0.306. The Kier molecular flexibility index (Phi) is 5.69. The molecule has 0 N–H and O–H groups in total. The van der Waals surface area contributed by atoms with Crippen molar-refractivity contribution in [2.24, 2.45) is 0 Å². The molecule has 0 aliphatic rings. The maximum Gasteiger partial charge on any atom is 0.340 e. The van der Waals surface area contributed by atoms with Crippen molar-refractivity contribution in [1.82, 2.24) is 9.55 Å². The van der Waals surface area contributed by atoms with Crippen molar-refractivity contribution in [3.63, 3.8) is 0 Å². The molecule has 4 rings (SSSR count). The number of ether oxygens (including phenoxy) is 1. The van der Waals surface area contributed by atoms with Gasteiger partial charge in [-0.1, -0.05) is 6.07 Å². The summed E-state index contributed by atoms with van der Waals surface area (Å²) in [6.45, 7) is 5.84. The number of nitrogens with zero attached hydrogens (tertiary/aromatic N) is 2.